The van der Waals surface area contributed by atoms with Crippen LogP contribution in [0.2, 0.25) is 0 Å². The molecule has 1 aromatic heterocycles. The van der Waals surface area contributed by atoms with Gasteiger partial charge in [-0.1, -0.05) is 18.2 Å². The highest BCUT2D eigenvalue weighted by Gasteiger charge is 2.30. The number of methoxy groups -OCH3 is 1. The van der Waals surface area contributed by atoms with E-state index >= 15 is 0 Å². The molecule has 1 amide bonds. The Hall–Kier alpha value is -2.71. The van der Waals surface area contributed by atoms with Crippen LogP contribution in [0.25, 0.3) is 0 Å². The molecular weight excluding hydrogens is 413 g/mol. The van der Waals surface area contributed by atoms with Gasteiger partial charge < -0.3 is 10.1 Å². The number of carbonyl (C=O) groups is 1. The number of ether oxygens (including phenoxy) is 1. The zero-order valence-electron chi connectivity index (χ0n) is 15.7. The molecule has 0 aliphatic rings. The molecule has 152 valence electrons. The number of carbonyl (C=O) groups excluding carboxylic acids is 1. The minimum Gasteiger partial charge on any atom is -0.497 e. The molecule has 0 aliphatic heterocycles. The Balaban J connectivity index is 1.76. The quantitative estimate of drug-likeness (QED) is 0.587. The number of benzene rings is 2. The second kappa shape index (κ2) is 9.19. The van der Waals surface area contributed by atoms with E-state index in [0.717, 1.165) is 0 Å². The van der Waals surface area contributed by atoms with Crippen molar-refractivity contribution in [3.05, 3.63) is 82.3 Å². The number of halogens is 1. The Morgan fingerprint density at radius 3 is 2.38 bits per heavy atom. The summed E-state index contributed by atoms with van der Waals surface area (Å²) in [6.45, 7) is -0.0606. The summed E-state index contributed by atoms with van der Waals surface area (Å²) in [4.78, 5) is 13.1. The lowest BCUT2D eigenvalue weighted by atomic mass is 10.1. The first kappa shape index (κ1) is 21.0. The molecule has 1 N–H and O–H groups in total. The normalized spacial score (nSPS) is 12.3. The van der Waals surface area contributed by atoms with E-state index in [0.29, 0.717) is 16.2 Å². The first-order valence-corrected chi connectivity index (χ1v) is 11.3. The third kappa shape index (κ3) is 5.21. The van der Waals surface area contributed by atoms with Gasteiger partial charge in [-0.15, -0.1) is 11.3 Å². The summed E-state index contributed by atoms with van der Waals surface area (Å²) in [7, 11) is -2.22. The topological polar surface area (TPSA) is 72.5 Å². The molecule has 8 heteroatoms. The van der Waals surface area contributed by atoms with E-state index < -0.39 is 15.1 Å². The van der Waals surface area contributed by atoms with Gasteiger partial charge in [0.2, 0.25) is 5.91 Å². The van der Waals surface area contributed by atoms with E-state index in [1.54, 1.807) is 29.6 Å². The Morgan fingerprint density at radius 1 is 1.10 bits per heavy atom. The minimum atomic E-state index is -3.73. The van der Waals surface area contributed by atoms with Gasteiger partial charge in [-0.2, -0.15) is 0 Å². The minimum absolute atomic E-state index is 0.0417. The third-order valence-corrected chi connectivity index (χ3v) is 7.62. The molecule has 0 fully saturated rings. The summed E-state index contributed by atoms with van der Waals surface area (Å²) in [5.74, 6) is -0.148. The third-order valence-electron chi connectivity index (χ3n) is 4.39. The molecule has 0 aliphatic carbocycles. The molecule has 0 bridgehead atoms. The highest BCUT2D eigenvalue weighted by atomic mass is 32.2. The summed E-state index contributed by atoms with van der Waals surface area (Å²) in [6, 6.07) is 15.3. The number of sulfone groups is 1. The summed E-state index contributed by atoms with van der Waals surface area (Å²) in [6.07, 6.45) is 0.0417. The lowest BCUT2D eigenvalue weighted by molar-refractivity contribution is -0.120. The average molecular weight is 434 g/mol. The summed E-state index contributed by atoms with van der Waals surface area (Å²) < 4.78 is 44.5. The molecule has 2 aromatic carbocycles. The van der Waals surface area contributed by atoms with E-state index in [4.69, 9.17) is 4.74 Å². The van der Waals surface area contributed by atoms with Crippen molar-refractivity contribution in [3.63, 3.8) is 0 Å². The van der Waals surface area contributed by atoms with Gasteiger partial charge in [0.25, 0.3) is 0 Å². The first-order chi connectivity index (χ1) is 13.9. The van der Waals surface area contributed by atoms with E-state index in [2.05, 4.69) is 5.32 Å². The fourth-order valence-corrected chi connectivity index (χ4v) is 5.61. The van der Waals surface area contributed by atoms with Crippen LogP contribution in [-0.2, 0) is 21.1 Å². The summed E-state index contributed by atoms with van der Waals surface area (Å²) in [5, 5.41) is 3.59. The summed E-state index contributed by atoms with van der Waals surface area (Å²) >= 11 is 1.32. The Morgan fingerprint density at radius 2 is 1.79 bits per heavy atom. The van der Waals surface area contributed by atoms with Crippen molar-refractivity contribution < 1.29 is 22.3 Å². The second-order valence-corrected chi connectivity index (χ2v) is 9.44. The van der Waals surface area contributed by atoms with Crippen molar-refractivity contribution in [3.8, 4) is 5.75 Å². The van der Waals surface area contributed by atoms with Crippen molar-refractivity contribution in [1.82, 2.24) is 5.32 Å². The van der Waals surface area contributed by atoms with Gasteiger partial charge in [0.05, 0.1) is 18.4 Å². The smallest absolute Gasteiger partial charge is 0.224 e. The molecule has 1 unspecified atom stereocenters. The van der Waals surface area contributed by atoms with Crippen LogP contribution in [0, 0.1) is 5.82 Å². The van der Waals surface area contributed by atoms with Gasteiger partial charge >= 0.3 is 0 Å². The maximum Gasteiger partial charge on any atom is 0.224 e. The Bertz CT molecular complexity index is 1050. The largest absolute Gasteiger partial charge is 0.497 e. The fraction of sp³-hybridized carbons (Fsp3) is 0.190. The van der Waals surface area contributed by atoms with Gasteiger partial charge in [-0.25, -0.2) is 12.8 Å². The average Bonchev–Trinajstić information content (AvgIpc) is 3.24. The van der Waals surface area contributed by atoms with Crippen molar-refractivity contribution in [2.24, 2.45) is 0 Å². The number of hydrogen-bond acceptors (Lipinski definition) is 5. The molecule has 0 saturated heterocycles. The SMILES string of the molecule is COc1ccc(S(=O)(=O)C(CNC(=O)Cc2ccc(F)cc2)c2cccs2)cc1. The number of hydrogen-bond donors (Lipinski definition) is 1. The van der Waals surface area contributed by atoms with Crippen LogP contribution in [0.5, 0.6) is 5.75 Å². The molecule has 5 nitrogen and oxygen atoms in total. The van der Waals surface area contributed by atoms with Gasteiger partial charge in [0.15, 0.2) is 9.84 Å². The molecule has 0 radical (unpaired) electrons. The van der Waals surface area contributed by atoms with Crippen molar-refractivity contribution >= 4 is 27.1 Å². The van der Waals surface area contributed by atoms with Gasteiger partial charge in [-0.3, -0.25) is 4.79 Å². The molecule has 1 heterocycles. The highest BCUT2D eigenvalue weighted by molar-refractivity contribution is 7.91. The maximum atomic E-state index is 13.2. The maximum absolute atomic E-state index is 13.2. The van der Waals surface area contributed by atoms with Crippen LogP contribution in [0.4, 0.5) is 4.39 Å². The van der Waals surface area contributed by atoms with Crippen LogP contribution in [0.3, 0.4) is 0 Å². The number of rotatable bonds is 8. The van der Waals surface area contributed by atoms with E-state index in [1.807, 2.05) is 0 Å². The predicted octanol–water partition coefficient (Wildman–Crippen LogP) is 3.77. The zero-order valence-corrected chi connectivity index (χ0v) is 17.3. The van der Waals surface area contributed by atoms with Gasteiger partial charge in [0, 0.05) is 11.4 Å². The fourth-order valence-electron chi connectivity index (χ4n) is 2.82. The van der Waals surface area contributed by atoms with Crippen molar-refractivity contribution in [2.75, 3.05) is 13.7 Å². The molecule has 3 aromatic rings. The van der Waals surface area contributed by atoms with Crippen LogP contribution >= 0.6 is 11.3 Å². The Kier molecular flexibility index (Phi) is 6.66. The van der Waals surface area contributed by atoms with Crippen LogP contribution in [-0.4, -0.2) is 28.0 Å². The zero-order chi connectivity index (χ0) is 20.9. The van der Waals surface area contributed by atoms with Crippen LogP contribution in [0.1, 0.15) is 15.7 Å². The molecule has 29 heavy (non-hydrogen) atoms. The van der Waals surface area contributed by atoms with E-state index in [1.165, 1.54) is 54.8 Å². The van der Waals surface area contributed by atoms with E-state index in [-0.39, 0.29) is 29.6 Å². The number of nitrogens with one attached hydrogen (secondary N) is 1. The lowest BCUT2D eigenvalue weighted by Gasteiger charge is -2.18. The lowest BCUT2D eigenvalue weighted by Crippen LogP contribution is -2.32. The standard InChI is InChI=1S/C21H20FNO4S2/c1-27-17-8-10-18(11-9-17)29(25,26)20(19-3-2-12-28-19)14-23-21(24)13-15-4-6-16(22)7-5-15/h2-12,20H,13-14H2,1H3,(H,23,24). The predicted molar refractivity (Wildman–Crippen MR) is 110 cm³/mol. The summed E-state index contributed by atoms with van der Waals surface area (Å²) in [5.41, 5.74) is 0.648. The van der Waals surface area contributed by atoms with Gasteiger partial charge in [-0.05, 0) is 53.4 Å². The van der Waals surface area contributed by atoms with Crippen molar-refractivity contribution in [2.45, 2.75) is 16.6 Å². The highest BCUT2D eigenvalue weighted by Crippen LogP contribution is 2.32. The molecular formula is C21H20FNO4S2. The second-order valence-electron chi connectivity index (χ2n) is 6.33. The monoisotopic (exact) mass is 433 g/mol. The molecule has 0 spiro atoms. The number of thiophene rings is 1. The molecule has 0 saturated carbocycles. The molecule has 3 rings (SSSR count). The van der Waals surface area contributed by atoms with Crippen molar-refractivity contribution in [1.29, 1.82) is 0 Å². The molecule has 1 atom stereocenters. The number of amides is 1. The Labute approximate surface area is 173 Å². The van der Waals surface area contributed by atoms with Crippen LogP contribution < -0.4 is 10.1 Å². The van der Waals surface area contributed by atoms with E-state index in [9.17, 15) is 17.6 Å². The first-order valence-electron chi connectivity index (χ1n) is 8.82. The van der Waals surface area contributed by atoms with Crippen LogP contribution in [0.15, 0.2) is 70.9 Å². The van der Waals surface area contributed by atoms with Gasteiger partial charge in [0.1, 0.15) is 16.8 Å².